The Labute approximate surface area is 108 Å². The summed E-state index contributed by atoms with van der Waals surface area (Å²) in [6, 6.07) is 9.77. The minimum absolute atomic E-state index is 0.117. The number of thioether (sulfide) groups is 1. The Morgan fingerprint density at radius 1 is 1.18 bits per heavy atom. The molecule has 0 fully saturated rings. The van der Waals surface area contributed by atoms with Crippen molar-refractivity contribution in [2.24, 2.45) is 0 Å². The molecule has 0 aliphatic carbocycles. The van der Waals surface area contributed by atoms with E-state index in [-0.39, 0.29) is 5.12 Å². The largest absolute Gasteiger partial charge is 0.282 e. The van der Waals surface area contributed by atoms with Crippen molar-refractivity contribution in [2.75, 3.05) is 0 Å². The SMILES string of the molecule is CCCCCC/C=C/C(=O)Sc1ccccc1. The fourth-order valence-corrected chi connectivity index (χ4v) is 2.20. The molecule has 0 heterocycles. The maximum atomic E-state index is 11.6. The van der Waals surface area contributed by atoms with Gasteiger partial charge in [0.2, 0.25) is 5.12 Å². The molecular formula is C15H20OS. The zero-order chi connectivity index (χ0) is 12.3. The highest BCUT2D eigenvalue weighted by atomic mass is 32.2. The van der Waals surface area contributed by atoms with E-state index in [1.807, 2.05) is 36.4 Å². The summed E-state index contributed by atoms with van der Waals surface area (Å²) in [5.74, 6) is 0. The van der Waals surface area contributed by atoms with Crippen molar-refractivity contribution in [3.05, 3.63) is 42.5 Å². The molecule has 0 bridgehead atoms. The molecule has 17 heavy (non-hydrogen) atoms. The molecule has 1 aromatic rings. The Hall–Kier alpha value is -1.02. The van der Waals surface area contributed by atoms with E-state index < -0.39 is 0 Å². The number of rotatable bonds is 7. The molecule has 0 unspecified atom stereocenters. The molecule has 0 aromatic heterocycles. The first-order valence-electron chi connectivity index (χ1n) is 6.26. The third kappa shape index (κ3) is 7.01. The number of carbonyl (C=O) groups excluding carboxylic acids is 1. The van der Waals surface area contributed by atoms with Crippen LogP contribution in [0.4, 0.5) is 0 Å². The lowest BCUT2D eigenvalue weighted by Crippen LogP contribution is -1.84. The van der Waals surface area contributed by atoms with Gasteiger partial charge in [0, 0.05) is 4.90 Å². The van der Waals surface area contributed by atoms with Crippen molar-refractivity contribution < 1.29 is 4.79 Å². The predicted molar refractivity (Wildman–Crippen MR) is 75.2 cm³/mol. The summed E-state index contributed by atoms with van der Waals surface area (Å²) in [6.45, 7) is 2.20. The topological polar surface area (TPSA) is 17.1 Å². The number of unbranched alkanes of at least 4 members (excludes halogenated alkanes) is 4. The van der Waals surface area contributed by atoms with Crippen LogP contribution >= 0.6 is 11.8 Å². The highest BCUT2D eigenvalue weighted by Gasteiger charge is 1.98. The molecule has 1 nitrogen and oxygen atoms in total. The zero-order valence-electron chi connectivity index (χ0n) is 10.4. The van der Waals surface area contributed by atoms with Gasteiger partial charge in [0.25, 0.3) is 0 Å². The monoisotopic (exact) mass is 248 g/mol. The molecule has 1 aromatic carbocycles. The number of hydrogen-bond acceptors (Lipinski definition) is 2. The third-order valence-electron chi connectivity index (χ3n) is 2.44. The van der Waals surface area contributed by atoms with Gasteiger partial charge in [-0.3, -0.25) is 4.79 Å². The van der Waals surface area contributed by atoms with Gasteiger partial charge < -0.3 is 0 Å². The van der Waals surface area contributed by atoms with Crippen LogP contribution in [0.1, 0.15) is 39.0 Å². The van der Waals surface area contributed by atoms with Crippen molar-refractivity contribution in [3.8, 4) is 0 Å². The van der Waals surface area contributed by atoms with Crippen molar-refractivity contribution in [1.82, 2.24) is 0 Å². The number of carbonyl (C=O) groups is 1. The summed E-state index contributed by atoms with van der Waals surface area (Å²) in [5.41, 5.74) is 0. The molecule has 1 rings (SSSR count). The van der Waals surface area contributed by atoms with Crippen LogP contribution in [0.15, 0.2) is 47.4 Å². The molecule has 0 saturated heterocycles. The van der Waals surface area contributed by atoms with Crippen LogP contribution < -0.4 is 0 Å². The lowest BCUT2D eigenvalue weighted by molar-refractivity contribution is -0.107. The maximum Gasteiger partial charge on any atom is 0.216 e. The van der Waals surface area contributed by atoms with Gasteiger partial charge in [0.15, 0.2) is 0 Å². The van der Waals surface area contributed by atoms with Crippen LogP contribution in [0.5, 0.6) is 0 Å². The molecule has 0 radical (unpaired) electrons. The molecule has 0 saturated carbocycles. The minimum Gasteiger partial charge on any atom is -0.282 e. The summed E-state index contributed by atoms with van der Waals surface area (Å²) in [5, 5.41) is 0.117. The van der Waals surface area contributed by atoms with Gasteiger partial charge in [-0.2, -0.15) is 0 Å². The molecule has 0 aliphatic heterocycles. The van der Waals surface area contributed by atoms with Crippen LogP contribution in [-0.2, 0) is 4.79 Å². The van der Waals surface area contributed by atoms with Crippen LogP contribution in [-0.4, -0.2) is 5.12 Å². The quantitative estimate of drug-likeness (QED) is 0.390. The second kappa shape index (κ2) is 9.06. The first-order chi connectivity index (χ1) is 8.33. The Kier molecular flexibility index (Phi) is 7.48. The van der Waals surface area contributed by atoms with Gasteiger partial charge in [0.05, 0.1) is 0 Å². The molecule has 2 heteroatoms. The number of hydrogen-bond donors (Lipinski definition) is 0. The van der Waals surface area contributed by atoms with Crippen LogP contribution in [0, 0.1) is 0 Å². The van der Waals surface area contributed by atoms with Gasteiger partial charge in [0.1, 0.15) is 0 Å². The van der Waals surface area contributed by atoms with E-state index >= 15 is 0 Å². The highest BCUT2D eigenvalue weighted by Crippen LogP contribution is 2.18. The first kappa shape index (κ1) is 14.0. The van der Waals surface area contributed by atoms with E-state index in [0.717, 1.165) is 11.3 Å². The first-order valence-corrected chi connectivity index (χ1v) is 7.08. The smallest absolute Gasteiger partial charge is 0.216 e. The van der Waals surface area contributed by atoms with Crippen LogP contribution in [0.25, 0.3) is 0 Å². The van der Waals surface area contributed by atoms with Gasteiger partial charge in [-0.05, 0) is 42.8 Å². The minimum atomic E-state index is 0.117. The van der Waals surface area contributed by atoms with E-state index in [9.17, 15) is 4.79 Å². The van der Waals surface area contributed by atoms with Crippen molar-refractivity contribution >= 4 is 16.9 Å². The van der Waals surface area contributed by atoms with Crippen molar-refractivity contribution in [3.63, 3.8) is 0 Å². The fraction of sp³-hybridized carbons (Fsp3) is 0.400. The molecule has 0 spiro atoms. The standard InChI is InChI=1S/C15H20OS/c1-2-3-4-5-6-10-13-15(16)17-14-11-8-7-9-12-14/h7-13H,2-6H2,1H3/b13-10+. The Balaban J connectivity index is 2.19. The van der Waals surface area contributed by atoms with Crippen LogP contribution in [0.2, 0.25) is 0 Å². The summed E-state index contributed by atoms with van der Waals surface area (Å²) in [7, 11) is 0. The highest BCUT2D eigenvalue weighted by molar-refractivity contribution is 8.14. The Bertz CT molecular complexity index is 343. The van der Waals surface area contributed by atoms with Crippen LogP contribution in [0.3, 0.4) is 0 Å². The van der Waals surface area contributed by atoms with Gasteiger partial charge in [-0.1, -0.05) is 50.5 Å². The van der Waals surface area contributed by atoms with E-state index in [1.54, 1.807) is 6.08 Å². The summed E-state index contributed by atoms with van der Waals surface area (Å²) >= 11 is 1.29. The van der Waals surface area contributed by atoms with Gasteiger partial charge >= 0.3 is 0 Å². The van der Waals surface area contributed by atoms with Gasteiger partial charge in [-0.15, -0.1) is 0 Å². The normalized spacial score (nSPS) is 10.9. The van der Waals surface area contributed by atoms with Crippen molar-refractivity contribution in [2.45, 2.75) is 43.9 Å². The molecule has 0 N–H and O–H groups in total. The lowest BCUT2D eigenvalue weighted by Gasteiger charge is -1.96. The third-order valence-corrected chi connectivity index (χ3v) is 3.29. The fourth-order valence-electron chi connectivity index (χ4n) is 1.51. The Morgan fingerprint density at radius 2 is 1.94 bits per heavy atom. The number of allylic oxidation sites excluding steroid dienone is 1. The second-order valence-corrected chi connectivity index (χ2v) is 5.06. The maximum absolute atomic E-state index is 11.6. The predicted octanol–water partition coefficient (Wildman–Crippen LogP) is 4.83. The zero-order valence-corrected chi connectivity index (χ0v) is 11.2. The second-order valence-electron chi connectivity index (χ2n) is 3.99. The van der Waals surface area contributed by atoms with Gasteiger partial charge in [-0.25, -0.2) is 0 Å². The van der Waals surface area contributed by atoms with E-state index in [4.69, 9.17) is 0 Å². The average Bonchev–Trinajstić information content (AvgIpc) is 2.35. The summed E-state index contributed by atoms with van der Waals surface area (Å²) < 4.78 is 0. The Morgan fingerprint density at radius 3 is 2.65 bits per heavy atom. The lowest BCUT2D eigenvalue weighted by atomic mass is 10.1. The van der Waals surface area contributed by atoms with E-state index in [1.165, 1.54) is 37.4 Å². The van der Waals surface area contributed by atoms with Crippen molar-refractivity contribution in [1.29, 1.82) is 0 Å². The molecular weight excluding hydrogens is 228 g/mol. The van der Waals surface area contributed by atoms with E-state index in [2.05, 4.69) is 6.92 Å². The molecule has 0 amide bonds. The average molecular weight is 248 g/mol. The molecule has 0 atom stereocenters. The molecule has 0 aliphatic rings. The molecule has 92 valence electrons. The summed E-state index contributed by atoms with van der Waals surface area (Å²) in [4.78, 5) is 12.6. The summed E-state index contributed by atoms with van der Waals surface area (Å²) in [6.07, 6.45) is 9.71. The number of benzene rings is 1. The van der Waals surface area contributed by atoms with E-state index in [0.29, 0.717) is 0 Å².